The molecule has 0 aromatic heterocycles. The molecular formula is C14H14N2O4. The van der Waals surface area contributed by atoms with Crippen LogP contribution in [-0.2, 0) is 14.4 Å². The maximum atomic E-state index is 12.0. The van der Waals surface area contributed by atoms with Crippen LogP contribution in [0.4, 0.5) is 0 Å². The fourth-order valence-corrected chi connectivity index (χ4v) is 1.82. The monoisotopic (exact) mass is 274 g/mol. The first kappa shape index (κ1) is 13.8. The molecule has 104 valence electrons. The third-order valence-corrected chi connectivity index (χ3v) is 2.86. The Kier molecular flexibility index (Phi) is 3.84. The summed E-state index contributed by atoms with van der Waals surface area (Å²) in [6.45, 7) is 1.01. The number of rotatable bonds is 2. The van der Waals surface area contributed by atoms with Gasteiger partial charge in [-0.15, -0.1) is 0 Å². The van der Waals surface area contributed by atoms with Gasteiger partial charge in [0.2, 0.25) is 11.8 Å². The number of benzene rings is 1. The second-order valence-corrected chi connectivity index (χ2v) is 4.29. The lowest BCUT2D eigenvalue weighted by Gasteiger charge is -2.25. The van der Waals surface area contributed by atoms with E-state index in [9.17, 15) is 14.4 Å². The number of amides is 3. The van der Waals surface area contributed by atoms with Crippen molar-refractivity contribution in [3.8, 4) is 5.75 Å². The number of carbonyl (C=O) groups is 3. The molecule has 1 aromatic rings. The van der Waals surface area contributed by atoms with Crippen LogP contribution in [0.15, 0.2) is 30.0 Å². The molecule has 2 rings (SSSR count). The third-order valence-electron chi connectivity index (χ3n) is 2.86. The van der Waals surface area contributed by atoms with Crippen LogP contribution in [0.2, 0.25) is 0 Å². The Morgan fingerprint density at radius 3 is 2.50 bits per heavy atom. The van der Waals surface area contributed by atoms with E-state index in [-0.39, 0.29) is 18.1 Å². The molecule has 1 aliphatic rings. The van der Waals surface area contributed by atoms with Gasteiger partial charge in [-0.1, -0.05) is 12.1 Å². The lowest BCUT2D eigenvalue weighted by atomic mass is 10.1. The van der Waals surface area contributed by atoms with Gasteiger partial charge in [0.15, 0.2) is 0 Å². The van der Waals surface area contributed by atoms with Gasteiger partial charge in [-0.25, -0.2) is 0 Å². The summed E-state index contributed by atoms with van der Waals surface area (Å²) in [7, 11) is 1.56. The van der Waals surface area contributed by atoms with Crippen molar-refractivity contribution in [1.82, 2.24) is 10.2 Å². The highest BCUT2D eigenvalue weighted by Gasteiger charge is 2.30. The Balaban J connectivity index is 2.28. The van der Waals surface area contributed by atoms with Crippen molar-refractivity contribution >= 4 is 23.8 Å². The average Bonchev–Trinajstić information content (AvgIpc) is 2.43. The highest BCUT2D eigenvalue weighted by atomic mass is 16.5. The zero-order chi connectivity index (χ0) is 14.7. The van der Waals surface area contributed by atoms with Gasteiger partial charge in [-0.05, 0) is 23.8 Å². The van der Waals surface area contributed by atoms with E-state index in [4.69, 9.17) is 4.74 Å². The van der Waals surface area contributed by atoms with E-state index >= 15 is 0 Å². The average molecular weight is 274 g/mol. The summed E-state index contributed by atoms with van der Waals surface area (Å²) in [6, 6.07) is 6.98. The first-order valence-electron chi connectivity index (χ1n) is 5.99. The minimum Gasteiger partial charge on any atom is -0.497 e. The number of imide groups is 1. The van der Waals surface area contributed by atoms with Crippen molar-refractivity contribution < 1.29 is 19.1 Å². The molecule has 0 aliphatic carbocycles. The maximum Gasteiger partial charge on any atom is 0.277 e. The molecule has 6 heteroatoms. The molecular weight excluding hydrogens is 260 g/mol. The highest BCUT2D eigenvalue weighted by molar-refractivity contribution is 6.12. The van der Waals surface area contributed by atoms with E-state index in [1.807, 2.05) is 0 Å². The van der Waals surface area contributed by atoms with E-state index in [1.165, 1.54) is 13.0 Å². The predicted molar refractivity (Wildman–Crippen MR) is 71.5 cm³/mol. The summed E-state index contributed by atoms with van der Waals surface area (Å²) >= 11 is 0. The van der Waals surface area contributed by atoms with Crippen LogP contribution >= 0.6 is 0 Å². The summed E-state index contributed by atoms with van der Waals surface area (Å²) in [4.78, 5) is 35.8. The number of carbonyl (C=O) groups excluding carboxylic acids is 3. The number of hydrogen-bond donors (Lipinski definition) is 1. The predicted octanol–water partition coefficient (Wildman–Crippen LogP) is 0.541. The number of ether oxygens (including phenoxy) is 1. The zero-order valence-corrected chi connectivity index (χ0v) is 11.2. The van der Waals surface area contributed by atoms with Gasteiger partial charge in [-0.3, -0.25) is 19.3 Å². The molecule has 0 saturated carbocycles. The second-order valence-electron chi connectivity index (χ2n) is 4.29. The first-order valence-corrected chi connectivity index (χ1v) is 5.99. The minimum absolute atomic E-state index is 0.0848. The van der Waals surface area contributed by atoms with Crippen molar-refractivity contribution in [1.29, 1.82) is 0 Å². The Morgan fingerprint density at radius 2 is 1.95 bits per heavy atom. The maximum absolute atomic E-state index is 12.0. The van der Waals surface area contributed by atoms with E-state index < -0.39 is 11.8 Å². The molecule has 1 aliphatic heterocycles. The Labute approximate surface area is 116 Å². The molecule has 1 N–H and O–H groups in total. The number of piperazine rings is 1. The van der Waals surface area contributed by atoms with Gasteiger partial charge >= 0.3 is 0 Å². The molecule has 0 unspecified atom stereocenters. The smallest absolute Gasteiger partial charge is 0.277 e. The summed E-state index contributed by atoms with van der Waals surface area (Å²) in [5.41, 5.74) is 0.807. The third kappa shape index (κ3) is 2.85. The molecule has 1 saturated heterocycles. The quantitative estimate of drug-likeness (QED) is 0.799. The number of nitrogens with one attached hydrogen (secondary N) is 1. The van der Waals surface area contributed by atoms with Crippen molar-refractivity contribution in [3.63, 3.8) is 0 Å². The van der Waals surface area contributed by atoms with Gasteiger partial charge < -0.3 is 10.1 Å². The fraction of sp³-hybridized carbons (Fsp3) is 0.214. The number of hydrogen-bond acceptors (Lipinski definition) is 4. The van der Waals surface area contributed by atoms with E-state index in [0.29, 0.717) is 5.75 Å². The fourth-order valence-electron chi connectivity index (χ4n) is 1.82. The van der Waals surface area contributed by atoms with Crippen LogP contribution in [0.25, 0.3) is 6.08 Å². The van der Waals surface area contributed by atoms with Gasteiger partial charge in [0.05, 0.1) is 7.11 Å². The molecule has 0 bridgehead atoms. The summed E-state index contributed by atoms with van der Waals surface area (Å²) in [5.74, 6) is -0.658. The largest absolute Gasteiger partial charge is 0.497 e. The lowest BCUT2D eigenvalue weighted by Crippen LogP contribution is -2.51. The molecule has 1 fully saturated rings. The molecule has 1 heterocycles. The standard InChI is InChI=1S/C14H14N2O4/c1-9(17)16-8-13(18)15-12(14(16)19)7-10-3-5-11(20-2)6-4-10/h3-7H,8H2,1-2H3,(H,15,18). The topological polar surface area (TPSA) is 75.7 Å². The lowest BCUT2D eigenvalue weighted by molar-refractivity contribution is -0.147. The summed E-state index contributed by atoms with van der Waals surface area (Å²) in [6.07, 6.45) is 1.52. The Morgan fingerprint density at radius 1 is 1.30 bits per heavy atom. The van der Waals surface area contributed by atoms with Crippen molar-refractivity contribution in [2.24, 2.45) is 0 Å². The SMILES string of the molecule is COc1ccc(C=C2NC(=O)CN(C(C)=O)C2=O)cc1. The second kappa shape index (κ2) is 5.56. The molecule has 6 nitrogen and oxygen atoms in total. The normalized spacial score (nSPS) is 17.1. The Bertz CT molecular complexity index is 590. The van der Waals surface area contributed by atoms with E-state index in [2.05, 4.69) is 5.32 Å². The van der Waals surface area contributed by atoms with Gasteiger partial charge in [0.1, 0.15) is 18.0 Å². The van der Waals surface area contributed by atoms with Crippen LogP contribution in [0.5, 0.6) is 5.75 Å². The van der Waals surface area contributed by atoms with E-state index in [1.54, 1.807) is 31.4 Å². The summed E-state index contributed by atoms with van der Waals surface area (Å²) < 4.78 is 5.04. The van der Waals surface area contributed by atoms with Gasteiger partial charge in [-0.2, -0.15) is 0 Å². The van der Waals surface area contributed by atoms with Crippen LogP contribution in [0.1, 0.15) is 12.5 Å². The molecule has 1 aromatic carbocycles. The summed E-state index contributed by atoms with van der Waals surface area (Å²) in [5, 5.41) is 2.48. The molecule has 3 amide bonds. The number of nitrogens with zero attached hydrogens (tertiary/aromatic N) is 1. The van der Waals surface area contributed by atoms with Crippen LogP contribution in [-0.4, -0.2) is 36.3 Å². The minimum atomic E-state index is -0.507. The van der Waals surface area contributed by atoms with Crippen LogP contribution in [0, 0.1) is 0 Å². The molecule has 0 spiro atoms. The molecule has 0 atom stereocenters. The zero-order valence-electron chi connectivity index (χ0n) is 11.2. The van der Waals surface area contributed by atoms with Crippen LogP contribution < -0.4 is 10.1 Å². The van der Waals surface area contributed by atoms with Gasteiger partial charge in [0, 0.05) is 6.92 Å². The van der Waals surface area contributed by atoms with Crippen LogP contribution in [0.3, 0.4) is 0 Å². The Hall–Kier alpha value is -2.63. The first-order chi connectivity index (χ1) is 9.51. The number of methoxy groups -OCH3 is 1. The van der Waals surface area contributed by atoms with E-state index in [0.717, 1.165) is 10.5 Å². The van der Waals surface area contributed by atoms with Crippen molar-refractivity contribution in [2.75, 3.05) is 13.7 Å². The molecule has 0 radical (unpaired) electrons. The van der Waals surface area contributed by atoms with Crippen molar-refractivity contribution in [2.45, 2.75) is 6.92 Å². The van der Waals surface area contributed by atoms with Gasteiger partial charge in [0.25, 0.3) is 5.91 Å². The highest BCUT2D eigenvalue weighted by Crippen LogP contribution is 2.15. The van der Waals surface area contributed by atoms with Crippen molar-refractivity contribution in [3.05, 3.63) is 35.5 Å². The molecule has 20 heavy (non-hydrogen) atoms.